The summed E-state index contributed by atoms with van der Waals surface area (Å²) in [6.07, 6.45) is 5.65. The number of ether oxygens (including phenoxy) is 2. The van der Waals surface area contributed by atoms with E-state index in [2.05, 4.69) is 20.6 Å². The highest BCUT2D eigenvalue weighted by atomic mass is 35.5. The summed E-state index contributed by atoms with van der Waals surface area (Å²) in [5.41, 5.74) is 8.63. The SMILES string of the molecule is CC(C)(CN1CCC(F)(CNC(=O)c2cc(Cl)c(N)c3cccnc23)CC1)OC(=O)/C=C/C(=O)OC(C)(C)CN1CCC(F)(CNC(=O)c2cc(Cl)c(N)c3cccnc23)CC1. The van der Waals surface area contributed by atoms with Crippen LogP contribution in [0.4, 0.5) is 20.2 Å². The molecule has 62 heavy (non-hydrogen) atoms. The molecule has 2 aliphatic rings. The van der Waals surface area contributed by atoms with E-state index in [4.69, 9.17) is 44.1 Å². The van der Waals surface area contributed by atoms with E-state index in [0.717, 1.165) is 12.2 Å². The van der Waals surface area contributed by atoms with Crippen molar-refractivity contribution in [3.05, 3.63) is 82.1 Å². The summed E-state index contributed by atoms with van der Waals surface area (Å²) in [7, 11) is 0. The Morgan fingerprint density at radius 3 is 1.42 bits per heavy atom. The summed E-state index contributed by atoms with van der Waals surface area (Å²) in [5.74, 6) is -2.52. The number of esters is 2. The molecule has 0 bridgehead atoms. The van der Waals surface area contributed by atoms with E-state index in [9.17, 15) is 19.2 Å². The van der Waals surface area contributed by atoms with Gasteiger partial charge in [0.2, 0.25) is 0 Å². The molecule has 2 aromatic heterocycles. The molecule has 0 aliphatic carbocycles. The van der Waals surface area contributed by atoms with Crippen molar-refractivity contribution in [2.75, 3.05) is 63.8 Å². The van der Waals surface area contributed by atoms with Gasteiger partial charge < -0.3 is 31.6 Å². The van der Waals surface area contributed by atoms with Crippen LogP contribution in [-0.2, 0) is 19.1 Å². The summed E-state index contributed by atoms with van der Waals surface area (Å²) >= 11 is 12.5. The number of carbonyl (C=O) groups is 4. The lowest BCUT2D eigenvalue weighted by atomic mass is 9.92. The zero-order chi connectivity index (χ0) is 45.0. The molecule has 4 heterocycles. The quantitative estimate of drug-likeness (QED) is 0.0635. The standard InChI is InChI=1S/C44H52Cl2F2N8O6/c1-41(2,25-55-17-11-43(47,12-18-55)23-53-39(59)29-21-31(45)35(49)27-7-5-15-51-37(27)29)61-33(57)9-10-34(58)62-42(3,4)26-56-19-13-44(48,14-20-56)24-54-40(60)30-22-32(46)36(50)28-8-6-16-52-38(28)30/h5-10,15-16,21-22H,11-14,17-20,23-26,49-50H2,1-4H3,(H,53,59)(H,54,60)/b10-9+. The molecule has 6 N–H and O–H groups in total. The van der Waals surface area contributed by atoms with Crippen molar-refractivity contribution in [3.63, 3.8) is 0 Å². The fraction of sp³-hybridized carbons (Fsp3) is 0.455. The van der Waals surface area contributed by atoms with Crippen LogP contribution in [0.15, 0.2) is 60.9 Å². The monoisotopic (exact) mass is 896 g/mol. The Morgan fingerprint density at radius 1 is 0.710 bits per heavy atom. The van der Waals surface area contributed by atoms with Gasteiger partial charge in [-0.25, -0.2) is 18.4 Å². The van der Waals surface area contributed by atoms with Gasteiger partial charge in [-0.2, -0.15) is 0 Å². The number of rotatable bonds is 14. The first kappa shape index (κ1) is 46.3. The van der Waals surface area contributed by atoms with E-state index in [1.807, 2.05) is 9.80 Å². The number of alkyl halides is 2. The van der Waals surface area contributed by atoms with Gasteiger partial charge in [-0.1, -0.05) is 23.2 Å². The predicted octanol–water partition coefficient (Wildman–Crippen LogP) is 6.22. The van der Waals surface area contributed by atoms with Crippen molar-refractivity contribution in [2.45, 2.75) is 75.9 Å². The molecule has 0 saturated carbocycles. The second-order valence-electron chi connectivity index (χ2n) is 17.4. The van der Waals surface area contributed by atoms with Crippen LogP contribution in [0.1, 0.15) is 74.1 Å². The van der Waals surface area contributed by atoms with Gasteiger partial charge in [0.05, 0.1) is 56.7 Å². The van der Waals surface area contributed by atoms with Crippen molar-refractivity contribution in [1.29, 1.82) is 0 Å². The van der Waals surface area contributed by atoms with Crippen molar-refractivity contribution < 1.29 is 37.4 Å². The van der Waals surface area contributed by atoms with Gasteiger partial charge in [0.15, 0.2) is 0 Å². The number of benzene rings is 2. The molecule has 0 radical (unpaired) electrons. The number of nitrogens with one attached hydrogen (secondary N) is 2. The Kier molecular flexibility index (Phi) is 14.0. The summed E-state index contributed by atoms with van der Waals surface area (Å²) in [6, 6.07) is 9.67. The average molecular weight is 898 g/mol. The smallest absolute Gasteiger partial charge is 0.331 e. The number of aromatic nitrogens is 2. The molecule has 0 atom stereocenters. The van der Waals surface area contributed by atoms with E-state index in [1.165, 1.54) is 24.5 Å². The molecule has 2 aliphatic heterocycles. The minimum atomic E-state index is -1.65. The van der Waals surface area contributed by atoms with Crippen molar-refractivity contribution in [2.24, 2.45) is 0 Å². The van der Waals surface area contributed by atoms with Crippen molar-refractivity contribution >= 4 is 80.1 Å². The van der Waals surface area contributed by atoms with Crippen LogP contribution >= 0.6 is 23.2 Å². The summed E-state index contributed by atoms with van der Waals surface area (Å²) in [6.45, 7) is 8.54. The molecule has 4 aromatic rings. The van der Waals surface area contributed by atoms with Crippen LogP contribution in [0.3, 0.4) is 0 Å². The van der Waals surface area contributed by atoms with Crippen LogP contribution in [-0.4, -0.2) is 118 Å². The largest absolute Gasteiger partial charge is 0.455 e. The van der Waals surface area contributed by atoms with E-state index in [-0.39, 0.29) is 59.9 Å². The number of anilines is 2. The Morgan fingerprint density at radius 2 is 1.06 bits per heavy atom. The number of likely N-dealkylation sites (tertiary alicyclic amines) is 2. The van der Waals surface area contributed by atoms with Gasteiger partial charge in [-0.15, -0.1) is 0 Å². The van der Waals surface area contributed by atoms with Crippen molar-refractivity contribution in [3.8, 4) is 0 Å². The first-order valence-corrected chi connectivity index (χ1v) is 21.1. The molecule has 0 unspecified atom stereocenters. The van der Waals surface area contributed by atoms with Gasteiger partial charge in [-0.3, -0.25) is 29.4 Å². The Hall–Kier alpha value is -5.16. The minimum absolute atomic E-state index is 0.141. The van der Waals surface area contributed by atoms with Crippen molar-refractivity contribution in [1.82, 2.24) is 30.4 Å². The zero-order valence-corrected chi connectivity index (χ0v) is 36.7. The van der Waals surface area contributed by atoms with Gasteiger partial charge >= 0.3 is 11.9 Å². The highest BCUT2D eigenvalue weighted by Gasteiger charge is 2.39. The Bertz CT molecular complexity index is 2220. The van der Waals surface area contributed by atoms with Crippen LogP contribution < -0.4 is 22.1 Å². The number of halogens is 4. The second-order valence-corrected chi connectivity index (χ2v) is 18.2. The molecule has 332 valence electrons. The number of nitrogens with zero attached hydrogens (tertiary/aromatic N) is 4. The molecule has 18 heteroatoms. The zero-order valence-electron chi connectivity index (χ0n) is 35.2. The highest BCUT2D eigenvalue weighted by molar-refractivity contribution is 6.36. The Balaban J connectivity index is 0.899. The topological polar surface area (TPSA) is 195 Å². The maximum atomic E-state index is 15.9. The third-order valence-electron chi connectivity index (χ3n) is 11.2. The number of pyridine rings is 2. The summed E-state index contributed by atoms with van der Waals surface area (Å²) in [4.78, 5) is 64.2. The van der Waals surface area contributed by atoms with E-state index in [0.29, 0.717) is 72.4 Å². The first-order valence-electron chi connectivity index (χ1n) is 20.3. The van der Waals surface area contributed by atoms with Gasteiger partial charge in [-0.05, 0) is 89.8 Å². The molecule has 2 aromatic carbocycles. The normalized spacial score (nSPS) is 17.2. The number of nitrogen functional groups attached to an aromatic ring is 2. The summed E-state index contributed by atoms with van der Waals surface area (Å²) < 4.78 is 43.0. The third kappa shape index (κ3) is 11.4. The summed E-state index contributed by atoms with van der Waals surface area (Å²) in [5, 5.41) is 6.87. The number of hydrogen-bond donors (Lipinski definition) is 4. The fourth-order valence-electron chi connectivity index (χ4n) is 7.96. The molecule has 2 amide bonds. The van der Waals surface area contributed by atoms with Crippen LogP contribution in [0.2, 0.25) is 10.0 Å². The number of carbonyl (C=O) groups excluding carboxylic acids is 4. The third-order valence-corrected chi connectivity index (χ3v) is 11.8. The lowest BCUT2D eigenvalue weighted by molar-refractivity contribution is -0.155. The van der Waals surface area contributed by atoms with Crippen LogP contribution in [0.25, 0.3) is 21.8 Å². The lowest BCUT2D eigenvalue weighted by Gasteiger charge is -2.39. The number of piperidine rings is 2. The molecular formula is C44H52Cl2F2N8O6. The molecule has 0 spiro atoms. The van der Waals surface area contributed by atoms with Crippen LogP contribution in [0, 0.1) is 0 Å². The maximum Gasteiger partial charge on any atom is 0.331 e. The predicted molar refractivity (Wildman–Crippen MR) is 236 cm³/mol. The second kappa shape index (κ2) is 18.7. The van der Waals surface area contributed by atoms with E-state index in [1.54, 1.807) is 52.0 Å². The average Bonchev–Trinajstić information content (AvgIpc) is 3.22. The minimum Gasteiger partial charge on any atom is -0.455 e. The molecule has 2 fully saturated rings. The Labute approximate surface area is 368 Å². The molecule has 6 rings (SSSR count). The molecular weight excluding hydrogens is 845 g/mol. The number of nitrogens with two attached hydrogens (primary N) is 2. The maximum absolute atomic E-state index is 15.9. The number of hydrogen-bond acceptors (Lipinski definition) is 12. The molecule has 14 nitrogen and oxygen atoms in total. The number of amides is 2. The fourth-order valence-corrected chi connectivity index (χ4v) is 8.38. The molecule has 2 saturated heterocycles. The van der Waals surface area contributed by atoms with Gasteiger partial charge in [0.1, 0.15) is 22.5 Å². The number of fused-ring (bicyclic) bond motifs is 2. The van der Waals surface area contributed by atoms with E-state index >= 15 is 8.78 Å². The highest BCUT2D eigenvalue weighted by Crippen LogP contribution is 2.33. The van der Waals surface area contributed by atoms with Gasteiger partial charge in [0, 0.05) is 74.6 Å². The van der Waals surface area contributed by atoms with Crippen LogP contribution in [0.5, 0.6) is 0 Å². The first-order chi connectivity index (χ1) is 29.2. The van der Waals surface area contributed by atoms with E-state index < -0.39 is 46.3 Å². The lowest BCUT2D eigenvalue weighted by Crippen LogP contribution is -2.51. The van der Waals surface area contributed by atoms with Gasteiger partial charge in [0.25, 0.3) is 11.8 Å².